The molecule has 0 aliphatic heterocycles. The number of benzene rings is 1. The van der Waals surface area contributed by atoms with Gasteiger partial charge in [-0.05, 0) is 25.0 Å². The summed E-state index contributed by atoms with van der Waals surface area (Å²) in [7, 11) is 0. The van der Waals surface area contributed by atoms with Gasteiger partial charge in [-0.25, -0.2) is 0 Å². The molecule has 0 unspecified atom stereocenters. The summed E-state index contributed by atoms with van der Waals surface area (Å²) in [4.78, 5) is 25.9. The largest absolute Gasteiger partial charge is 0.465 e. The normalized spacial score (nSPS) is 11.2. The molecule has 5 nitrogen and oxygen atoms in total. The molecule has 0 radical (unpaired) electrons. The van der Waals surface area contributed by atoms with E-state index in [2.05, 4.69) is 5.32 Å². The number of nitrogens with one attached hydrogen (secondary N) is 1. The van der Waals surface area contributed by atoms with E-state index in [1.54, 1.807) is 30.0 Å². The standard InChI is InChI=1S/C17H24F2N2O3S/c1-4-24-16(23)11-21(9-12(2)3)10-15(22)20-13-7-5-6-8-14(13)25-17(18)19/h5-8,12,17H,4,9-11H2,1-3H3,(H,20,22). The number of carbonyl (C=O) groups excluding carboxylic acids is 2. The second-order valence-corrected chi connectivity index (χ2v) is 6.82. The highest BCUT2D eigenvalue weighted by Gasteiger charge is 2.18. The van der Waals surface area contributed by atoms with Gasteiger partial charge in [0.1, 0.15) is 0 Å². The minimum absolute atomic E-state index is 0.00682. The molecule has 8 heteroatoms. The van der Waals surface area contributed by atoms with E-state index in [9.17, 15) is 18.4 Å². The summed E-state index contributed by atoms with van der Waals surface area (Å²) in [5.74, 6) is -3.08. The van der Waals surface area contributed by atoms with Crippen LogP contribution < -0.4 is 5.32 Å². The minimum atomic E-state index is -2.57. The highest BCUT2D eigenvalue weighted by atomic mass is 32.2. The zero-order chi connectivity index (χ0) is 18.8. The summed E-state index contributed by atoms with van der Waals surface area (Å²) in [5, 5.41) is 2.64. The van der Waals surface area contributed by atoms with Crippen LogP contribution in [0.1, 0.15) is 20.8 Å². The molecule has 1 aromatic carbocycles. The lowest BCUT2D eigenvalue weighted by Crippen LogP contribution is -2.39. The van der Waals surface area contributed by atoms with Crippen molar-refractivity contribution in [1.29, 1.82) is 0 Å². The minimum Gasteiger partial charge on any atom is -0.465 e. The molecule has 0 fully saturated rings. The number of carbonyl (C=O) groups is 2. The first kappa shape index (κ1) is 21.4. The first-order valence-corrected chi connectivity index (χ1v) is 8.91. The van der Waals surface area contributed by atoms with Crippen molar-refractivity contribution in [1.82, 2.24) is 4.90 Å². The molecule has 0 heterocycles. The van der Waals surface area contributed by atoms with Crippen LogP contribution in [0.2, 0.25) is 0 Å². The van der Waals surface area contributed by atoms with Crippen molar-refractivity contribution in [3.8, 4) is 0 Å². The molecule has 140 valence electrons. The number of hydrogen-bond acceptors (Lipinski definition) is 5. The highest BCUT2D eigenvalue weighted by molar-refractivity contribution is 7.99. The monoisotopic (exact) mass is 374 g/mol. The first-order valence-electron chi connectivity index (χ1n) is 8.03. The Morgan fingerprint density at radius 2 is 1.92 bits per heavy atom. The van der Waals surface area contributed by atoms with Gasteiger partial charge in [0, 0.05) is 11.4 Å². The number of para-hydroxylation sites is 1. The molecule has 25 heavy (non-hydrogen) atoms. The maximum atomic E-state index is 12.6. The van der Waals surface area contributed by atoms with Gasteiger partial charge < -0.3 is 10.1 Å². The molecule has 0 aliphatic rings. The smallest absolute Gasteiger partial charge is 0.320 e. The summed E-state index contributed by atoms with van der Waals surface area (Å²) in [6, 6.07) is 6.39. The summed E-state index contributed by atoms with van der Waals surface area (Å²) >= 11 is 0.378. The molecule has 0 atom stereocenters. The average Bonchev–Trinajstić information content (AvgIpc) is 2.48. The third-order valence-corrected chi connectivity index (χ3v) is 3.81. The molecule has 0 saturated carbocycles. The van der Waals surface area contributed by atoms with Crippen LogP contribution in [0.25, 0.3) is 0 Å². The van der Waals surface area contributed by atoms with Gasteiger partial charge in [0.2, 0.25) is 5.91 Å². The van der Waals surface area contributed by atoms with E-state index < -0.39 is 11.7 Å². The summed E-state index contributed by atoms with van der Waals surface area (Å²) in [6.07, 6.45) is 0. The van der Waals surface area contributed by atoms with Crippen molar-refractivity contribution in [2.75, 3.05) is 31.6 Å². The van der Waals surface area contributed by atoms with Crippen molar-refractivity contribution in [3.63, 3.8) is 0 Å². The number of anilines is 1. The number of amides is 1. The Hall–Kier alpha value is -1.67. The summed E-state index contributed by atoms with van der Waals surface area (Å²) in [6.45, 7) is 6.47. The number of thioether (sulfide) groups is 1. The van der Waals surface area contributed by atoms with E-state index in [0.717, 1.165) is 0 Å². The first-order chi connectivity index (χ1) is 11.8. The van der Waals surface area contributed by atoms with E-state index >= 15 is 0 Å². The van der Waals surface area contributed by atoms with Crippen LogP contribution in [0.15, 0.2) is 29.2 Å². The molecule has 1 amide bonds. The molecule has 0 bridgehead atoms. The number of alkyl halides is 2. The Bertz CT molecular complexity index is 571. The predicted octanol–water partition coefficient (Wildman–Crippen LogP) is 3.46. The van der Waals surface area contributed by atoms with Crippen LogP contribution >= 0.6 is 11.8 Å². The maximum absolute atomic E-state index is 12.6. The van der Waals surface area contributed by atoms with Crippen molar-refractivity contribution in [2.45, 2.75) is 31.4 Å². The molecule has 1 N–H and O–H groups in total. The second-order valence-electron chi connectivity index (χ2n) is 5.79. The average molecular weight is 374 g/mol. The zero-order valence-corrected chi connectivity index (χ0v) is 15.4. The van der Waals surface area contributed by atoms with E-state index in [-0.39, 0.29) is 31.5 Å². The van der Waals surface area contributed by atoms with Crippen LogP contribution in [-0.2, 0) is 14.3 Å². The number of rotatable bonds is 10. The van der Waals surface area contributed by atoms with Gasteiger partial charge in [-0.15, -0.1) is 0 Å². The Kier molecular flexibility index (Phi) is 9.44. The maximum Gasteiger partial charge on any atom is 0.320 e. The molecular formula is C17H24F2N2O3S. The van der Waals surface area contributed by atoms with E-state index in [4.69, 9.17) is 4.74 Å². The Labute approximate surface area is 151 Å². The number of halogens is 2. The van der Waals surface area contributed by atoms with E-state index in [1.807, 2.05) is 13.8 Å². The molecule has 0 aromatic heterocycles. The van der Waals surface area contributed by atoms with E-state index in [0.29, 0.717) is 28.9 Å². The Balaban J connectivity index is 2.72. The number of esters is 1. The van der Waals surface area contributed by atoms with Crippen molar-refractivity contribution >= 4 is 29.3 Å². The molecule has 0 aliphatic carbocycles. The Morgan fingerprint density at radius 3 is 2.52 bits per heavy atom. The topological polar surface area (TPSA) is 58.6 Å². The summed E-state index contributed by atoms with van der Waals surface area (Å²) < 4.78 is 30.1. The van der Waals surface area contributed by atoms with Gasteiger partial charge in [-0.2, -0.15) is 8.78 Å². The molecule has 0 spiro atoms. The highest BCUT2D eigenvalue weighted by Crippen LogP contribution is 2.31. The fourth-order valence-corrected chi connectivity index (χ4v) is 2.85. The van der Waals surface area contributed by atoms with Crippen LogP contribution in [0.5, 0.6) is 0 Å². The number of ether oxygens (including phenoxy) is 1. The number of nitrogens with zero attached hydrogens (tertiary/aromatic N) is 1. The lowest BCUT2D eigenvalue weighted by atomic mass is 10.2. The predicted molar refractivity (Wildman–Crippen MR) is 94.8 cm³/mol. The van der Waals surface area contributed by atoms with Gasteiger partial charge >= 0.3 is 5.97 Å². The van der Waals surface area contributed by atoms with Gasteiger partial charge in [0.25, 0.3) is 5.76 Å². The molecular weight excluding hydrogens is 350 g/mol. The van der Waals surface area contributed by atoms with Crippen LogP contribution in [-0.4, -0.2) is 48.8 Å². The second kappa shape index (κ2) is 11.0. The third kappa shape index (κ3) is 8.83. The van der Waals surface area contributed by atoms with Gasteiger partial charge in [-0.1, -0.05) is 37.7 Å². The van der Waals surface area contributed by atoms with Crippen molar-refractivity contribution < 1.29 is 23.1 Å². The van der Waals surface area contributed by atoms with Crippen LogP contribution in [0, 0.1) is 5.92 Å². The van der Waals surface area contributed by atoms with Crippen molar-refractivity contribution in [2.24, 2.45) is 5.92 Å². The van der Waals surface area contributed by atoms with Gasteiger partial charge in [-0.3, -0.25) is 14.5 Å². The molecule has 0 saturated heterocycles. The lowest BCUT2D eigenvalue weighted by molar-refractivity contribution is -0.144. The van der Waals surface area contributed by atoms with Gasteiger partial charge in [0.15, 0.2) is 0 Å². The van der Waals surface area contributed by atoms with E-state index in [1.165, 1.54) is 6.07 Å². The van der Waals surface area contributed by atoms with Crippen molar-refractivity contribution in [3.05, 3.63) is 24.3 Å². The fraction of sp³-hybridized carbons (Fsp3) is 0.529. The third-order valence-electron chi connectivity index (χ3n) is 3.03. The molecule has 1 aromatic rings. The lowest BCUT2D eigenvalue weighted by Gasteiger charge is -2.23. The van der Waals surface area contributed by atoms with Crippen LogP contribution in [0.4, 0.5) is 14.5 Å². The van der Waals surface area contributed by atoms with Crippen LogP contribution in [0.3, 0.4) is 0 Å². The SMILES string of the molecule is CCOC(=O)CN(CC(=O)Nc1ccccc1SC(F)F)CC(C)C. The Morgan fingerprint density at radius 1 is 1.24 bits per heavy atom. The fourth-order valence-electron chi connectivity index (χ4n) is 2.25. The van der Waals surface area contributed by atoms with Gasteiger partial charge in [0.05, 0.1) is 25.4 Å². The molecule has 1 rings (SSSR count). The zero-order valence-electron chi connectivity index (χ0n) is 14.6. The quantitative estimate of drug-likeness (QED) is 0.502. The summed E-state index contributed by atoms with van der Waals surface area (Å²) in [5.41, 5.74) is 0.332. The number of hydrogen-bond donors (Lipinski definition) is 1.